The second kappa shape index (κ2) is 4.81. The molecule has 0 aromatic carbocycles. The molecule has 17 heavy (non-hydrogen) atoms. The second-order valence-corrected chi connectivity index (χ2v) is 6.97. The van der Waals surface area contributed by atoms with Crippen molar-refractivity contribution >= 4 is 50.2 Å². The topological polar surface area (TPSA) is 59.1 Å². The minimum Gasteiger partial charge on any atom is -0.278 e. The highest BCUT2D eigenvalue weighted by Gasteiger charge is 2.20. The van der Waals surface area contributed by atoms with E-state index in [1.54, 1.807) is 18.3 Å². The van der Waals surface area contributed by atoms with Crippen LogP contribution in [0.5, 0.6) is 0 Å². The molecule has 0 bridgehead atoms. The van der Waals surface area contributed by atoms with Gasteiger partial charge in [-0.3, -0.25) is 9.71 Å². The standard InChI is InChI=1S/C9H6Cl2N2O2S2/c10-8-4-7(9(11)16-8)17(14,15)13-6-2-1-3-12-5-6/h1-5,13H. The van der Waals surface area contributed by atoms with Gasteiger partial charge in [0.2, 0.25) is 0 Å². The third-order valence-corrected chi connectivity index (χ3v) is 4.96. The number of aromatic nitrogens is 1. The van der Waals surface area contributed by atoms with Gasteiger partial charge >= 0.3 is 0 Å². The first-order valence-electron chi connectivity index (χ1n) is 4.37. The third kappa shape index (κ3) is 2.90. The lowest BCUT2D eigenvalue weighted by molar-refractivity contribution is 0.601. The molecule has 1 N–H and O–H groups in total. The number of hydrogen-bond acceptors (Lipinski definition) is 4. The van der Waals surface area contributed by atoms with Gasteiger partial charge in [0, 0.05) is 6.20 Å². The van der Waals surface area contributed by atoms with E-state index in [4.69, 9.17) is 23.2 Å². The van der Waals surface area contributed by atoms with E-state index in [0.717, 1.165) is 11.3 Å². The van der Waals surface area contributed by atoms with Crippen LogP contribution in [0.15, 0.2) is 35.5 Å². The molecule has 8 heteroatoms. The maximum atomic E-state index is 12.0. The summed E-state index contributed by atoms with van der Waals surface area (Å²) in [5.74, 6) is 0. The van der Waals surface area contributed by atoms with Crippen LogP contribution in [0.25, 0.3) is 0 Å². The molecule has 0 aliphatic heterocycles. The monoisotopic (exact) mass is 308 g/mol. The van der Waals surface area contributed by atoms with Crippen molar-refractivity contribution in [3.63, 3.8) is 0 Å². The lowest BCUT2D eigenvalue weighted by atomic mass is 10.4. The third-order valence-electron chi connectivity index (χ3n) is 1.83. The first-order valence-corrected chi connectivity index (χ1v) is 7.42. The van der Waals surface area contributed by atoms with E-state index in [9.17, 15) is 8.42 Å². The van der Waals surface area contributed by atoms with Crippen molar-refractivity contribution < 1.29 is 8.42 Å². The summed E-state index contributed by atoms with van der Waals surface area (Å²) in [4.78, 5) is 3.78. The van der Waals surface area contributed by atoms with Gasteiger partial charge in [0.1, 0.15) is 9.23 Å². The zero-order valence-corrected chi connectivity index (χ0v) is 11.4. The molecule has 2 heterocycles. The SMILES string of the molecule is O=S(=O)(Nc1cccnc1)c1cc(Cl)sc1Cl. The molecule has 0 aliphatic rings. The molecule has 0 spiro atoms. The minimum atomic E-state index is -3.72. The second-order valence-electron chi connectivity index (χ2n) is 3.04. The molecule has 0 saturated heterocycles. The van der Waals surface area contributed by atoms with Crippen LogP contribution in [0.3, 0.4) is 0 Å². The van der Waals surface area contributed by atoms with E-state index in [1.165, 1.54) is 12.3 Å². The molecule has 90 valence electrons. The average Bonchev–Trinajstić information content (AvgIpc) is 2.59. The summed E-state index contributed by atoms with van der Waals surface area (Å²) >= 11 is 12.5. The molecule has 2 rings (SSSR count). The average molecular weight is 309 g/mol. The fraction of sp³-hybridized carbons (Fsp3) is 0. The highest BCUT2D eigenvalue weighted by atomic mass is 35.5. The zero-order valence-electron chi connectivity index (χ0n) is 8.22. The summed E-state index contributed by atoms with van der Waals surface area (Å²) in [6, 6.07) is 4.53. The molecule has 0 amide bonds. The van der Waals surface area contributed by atoms with E-state index in [1.807, 2.05) is 0 Å². The quantitative estimate of drug-likeness (QED) is 0.947. The molecule has 2 aromatic heterocycles. The van der Waals surface area contributed by atoms with E-state index in [-0.39, 0.29) is 9.23 Å². The summed E-state index contributed by atoms with van der Waals surface area (Å²) in [5, 5.41) is 0. The van der Waals surface area contributed by atoms with Crippen LogP contribution in [0.4, 0.5) is 5.69 Å². The number of pyridine rings is 1. The number of sulfonamides is 1. The number of hydrogen-bond donors (Lipinski definition) is 1. The van der Waals surface area contributed by atoms with Crippen LogP contribution in [0, 0.1) is 0 Å². The van der Waals surface area contributed by atoms with Gasteiger partial charge in [-0.25, -0.2) is 8.42 Å². The van der Waals surface area contributed by atoms with Crippen LogP contribution in [0.1, 0.15) is 0 Å². The van der Waals surface area contributed by atoms with Crippen LogP contribution >= 0.6 is 34.5 Å². The number of thiophene rings is 1. The van der Waals surface area contributed by atoms with Crippen LogP contribution in [-0.4, -0.2) is 13.4 Å². The Balaban J connectivity index is 2.35. The molecule has 0 radical (unpaired) electrons. The highest BCUT2D eigenvalue weighted by molar-refractivity contribution is 7.93. The maximum Gasteiger partial charge on any atom is 0.264 e. The summed E-state index contributed by atoms with van der Waals surface area (Å²) in [6.45, 7) is 0. The predicted molar refractivity (Wildman–Crippen MR) is 69.4 cm³/mol. The van der Waals surface area contributed by atoms with Crippen LogP contribution < -0.4 is 4.72 Å². The normalized spacial score (nSPS) is 11.4. The molecule has 0 saturated carbocycles. The van der Waals surface area contributed by atoms with E-state index in [2.05, 4.69) is 9.71 Å². The Morgan fingerprint density at radius 3 is 2.65 bits per heavy atom. The zero-order chi connectivity index (χ0) is 12.5. The van der Waals surface area contributed by atoms with E-state index >= 15 is 0 Å². The largest absolute Gasteiger partial charge is 0.278 e. The van der Waals surface area contributed by atoms with E-state index in [0.29, 0.717) is 10.0 Å². The Labute approximate surface area is 112 Å². The van der Waals surface area contributed by atoms with Gasteiger partial charge in [0.15, 0.2) is 0 Å². The first-order chi connectivity index (χ1) is 7.99. The van der Waals surface area contributed by atoms with Crippen LogP contribution in [0.2, 0.25) is 8.67 Å². The van der Waals surface area contributed by atoms with Gasteiger partial charge < -0.3 is 0 Å². The van der Waals surface area contributed by atoms with Crippen molar-refractivity contribution in [1.82, 2.24) is 4.98 Å². The van der Waals surface area contributed by atoms with Crippen molar-refractivity contribution in [1.29, 1.82) is 0 Å². The van der Waals surface area contributed by atoms with Crippen molar-refractivity contribution in [3.8, 4) is 0 Å². The Hall–Kier alpha value is -0.820. The lowest BCUT2D eigenvalue weighted by Gasteiger charge is -2.05. The van der Waals surface area contributed by atoms with Gasteiger partial charge in [0.25, 0.3) is 10.0 Å². The number of halogens is 2. The number of anilines is 1. The molecular formula is C9H6Cl2N2O2S2. The Bertz CT molecular complexity index is 626. The van der Waals surface area contributed by atoms with Crippen LogP contribution in [-0.2, 0) is 10.0 Å². The molecule has 0 fully saturated rings. The predicted octanol–water partition coefficient (Wildman–Crippen LogP) is 3.25. The molecule has 4 nitrogen and oxygen atoms in total. The fourth-order valence-electron chi connectivity index (χ4n) is 1.14. The summed E-state index contributed by atoms with van der Waals surface area (Å²) in [5.41, 5.74) is 0.367. The molecule has 2 aromatic rings. The number of rotatable bonds is 3. The molecule has 0 atom stereocenters. The highest BCUT2D eigenvalue weighted by Crippen LogP contribution is 2.34. The van der Waals surface area contributed by atoms with Gasteiger partial charge in [-0.1, -0.05) is 23.2 Å². The van der Waals surface area contributed by atoms with Crippen molar-refractivity contribution in [2.45, 2.75) is 4.90 Å². The Morgan fingerprint density at radius 2 is 2.12 bits per heavy atom. The fourth-order valence-corrected chi connectivity index (χ4v) is 4.34. The summed E-state index contributed by atoms with van der Waals surface area (Å²) < 4.78 is 26.7. The molecule has 0 unspecified atom stereocenters. The first kappa shape index (κ1) is 12.6. The Morgan fingerprint density at radius 1 is 1.35 bits per heavy atom. The summed E-state index contributed by atoms with van der Waals surface area (Å²) in [6.07, 6.45) is 2.95. The van der Waals surface area contributed by atoms with Gasteiger partial charge in [-0.2, -0.15) is 0 Å². The van der Waals surface area contributed by atoms with Crippen molar-refractivity contribution in [3.05, 3.63) is 39.3 Å². The van der Waals surface area contributed by atoms with E-state index < -0.39 is 10.0 Å². The number of nitrogens with one attached hydrogen (secondary N) is 1. The lowest BCUT2D eigenvalue weighted by Crippen LogP contribution is -2.12. The smallest absolute Gasteiger partial charge is 0.264 e. The summed E-state index contributed by atoms with van der Waals surface area (Å²) in [7, 11) is -3.72. The molecular weight excluding hydrogens is 303 g/mol. The van der Waals surface area contributed by atoms with Crippen molar-refractivity contribution in [2.75, 3.05) is 4.72 Å². The van der Waals surface area contributed by atoms with Gasteiger partial charge in [-0.05, 0) is 18.2 Å². The maximum absolute atomic E-state index is 12.0. The Kier molecular flexibility index (Phi) is 3.58. The molecule has 0 aliphatic carbocycles. The van der Waals surface area contributed by atoms with Gasteiger partial charge in [0.05, 0.1) is 16.2 Å². The van der Waals surface area contributed by atoms with Gasteiger partial charge in [-0.15, -0.1) is 11.3 Å². The minimum absolute atomic E-state index is 0.0296. The number of nitrogens with zero attached hydrogens (tertiary/aromatic N) is 1. The van der Waals surface area contributed by atoms with Crippen molar-refractivity contribution in [2.24, 2.45) is 0 Å².